The molecule has 2 atom stereocenters. The average Bonchev–Trinajstić information content (AvgIpc) is 2.64. The highest BCUT2D eigenvalue weighted by Crippen LogP contribution is 2.25. The van der Waals surface area contributed by atoms with E-state index >= 15 is 0 Å². The summed E-state index contributed by atoms with van der Waals surface area (Å²) in [5.74, 6) is 0.692. The topological polar surface area (TPSA) is 29.9 Å². The van der Waals surface area contributed by atoms with E-state index in [0.717, 1.165) is 18.0 Å². The van der Waals surface area contributed by atoms with E-state index in [1.807, 2.05) is 0 Å². The molecule has 0 radical (unpaired) electrons. The molecule has 0 bridgehead atoms. The van der Waals surface area contributed by atoms with Gasteiger partial charge in [-0.15, -0.1) is 0 Å². The second-order valence-electron chi connectivity index (χ2n) is 5.43. The molecule has 4 heteroatoms. The first-order chi connectivity index (χ1) is 8.08. The van der Waals surface area contributed by atoms with Gasteiger partial charge in [0.1, 0.15) is 0 Å². The molecule has 96 valence electrons. The van der Waals surface area contributed by atoms with Crippen LogP contribution in [0, 0.1) is 5.92 Å². The summed E-state index contributed by atoms with van der Waals surface area (Å²) in [4.78, 5) is 0. The fourth-order valence-corrected chi connectivity index (χ4v) is 2.72. The quantitative estimate of drug-likeness (QED) is 0.900. The molecule has 1 N–H and O–H groups in total. The van der Waals surface area contributed by atoms with Gasteiger partial charge in [-0.1, -0.05) is 11.6 Å². The number of piperidine rings is 1. The second kappa shape index (κ2) is 5.40. The number of nitrogens with zero attached hydrogens (tertiary/aromatic N) is 2. The highest BCUT2D eigenvalue weighted by molar-refractivity contribution is 6.31. The minimum Gasteiger partial charge on any atom is -0.314 e. The zero-order chi connectivity index (χ0) is 12.4. The van der Waals surface area contributed by atoms with Crippen LogP contribution in [0.15, 0.2) is 6.20 Å². The first-order valence-corrected chi connectivity index (χ1v) is 6.91. The largest absolute Gasteiger partial charge is 0.314 e. The smallest absolute Gasteiger partial charge is 0.0818 e. The molecule has 2 unspecified atom stereocenters. The van der Waals surface area contributed by atoms with Crippen molar-refractivity contribution in [2.24, 2.45) is 5.92 Å². The highest BCUT2D eigenvalue weighted by atomic mass is 35.5. The number of rotatable bonds is 3. The van der Waals surface area contributed by atoms with Crippen LogP contribution in [0.3, 0.4) is 0 Å². The van der Waals surface area contributed by atoms with Gasteiger partial charge >= 0.3 is 0 Å². The van der Waals surface area contributed by atoms with Crippen LogP contribution in [0.25, 0.3) is 0 Å². The van der Waals surface area contributed by atoms with E-state index in [2.05, 4.69) is 35.9 Å². The lowest BCUT2D eigenvalue weighted by atomic mass is 9.91. The molecule has 17 heavy (non-hydrogen) atoms. The van der Waals surface area contributed by atoms with Crippen molar-refractivity contribution in [1.29, 1.82) is 0 Å². The van der Waals surface area contributed by atoms with Crippen molar-refractivity contribution >= 4 is 11.6 Å². The molecule has 1 aliphatic rings. The third-order valence-electron chi connectivity index (χ3n) is 3.58. The normalized spacial score (nSPS) is 25.5. The Hall–Kier alpha value is -0.540. The van der Waals surface area contributed by atoms with Gasteiger partial charge in [-0.2, -0.15) is 5.10 Å². The molecule has 3 nitrogen and oxygen atoms in total. The number of hydrogen-bond acceptors (Lipinski definition) is 2. The Morgan fingerprint density at radius 2 is 2.29 bits per heavy atom. The van der Waals surface area contributed by atoms with Crippen molar-refractivity contribution < 1.29 is 0 Å². The van der Waals surface area contributed by atoms with Gasteiger partial charge in [0.15, 0.2) is 0 Å². The van der Waals surface area contributed by atoms with Crippen LogP contribution in [-0.2, 0) is 6.42 Å². The summed E-state index contributed by atoms with van der Waals surface area (Å²) in [5, 5.41) is 8.72. The lowest BCUT2D eigenvalue weighted by Crippen LogP contribution is -2.37. The van der Waals surface area contributed by atoms with Gasteiger partial charge in [0.2, 0.25) is 0 Å². The van der Waals surface area contributed by atoms with Crippen LogP contribution in [0.4, 0.5) is 0 Å². The predicted octanol–water partition coefficient (Wildman–Crippen LogP) is 3.05. The molecule has 1 fully saturated rings. The number of hydrogen-bond donors (Lipinski definition) is 1. The number of halogens is 1. The summed E-state index contributed by atoms with van der Waals surface area (Å²) >= 11 is 6.23. The van der Waals surface area contributed by atoms with Crippen molar-refractivity contribution in [2.75, 3.05) is 6.54 Å². The third-order valence-corrected chi connectivity index (χ3v) is 3.90. The van der Waals surface area contributed by atoms with E-state index in [-0.39, 0.29) is 0 Å². The third kappa shape index (κ3) is 3.02. The first-order valence-electron chi connectivity index (χ1n) is 6.53. The summed E-state index contributed by atoms with van der Waals surface area (Å²) in [6, 6.07) is 1.05. The van der Waals surface area contributed by atoms with Crippen molar-refractivity contribution in [3.8, 4) is 0 Å². The molecule has 1 aromatic rings. The fraction of sp³-hybridized carbons (Fsp3) is 0.769. The minimum absolute atomic E-state index is 0.382. The van der Waals surface area contributed by atoms with Crippen LogP contribution in [0.1, 0.15) is 45.3 Å². The summed E-state index contributed by atoms with van der Waals surface area (Å²) < 4.78 is 2.06. The van der Waals surface area contributed by atoms with E-state index in [0.29, 0.717) is 18.0 Å². The average molecular weight is 256 g/mol. The Kier molecular flexibility index (Phi) is 4.10. The van der Waals surface area contributed by atoms with E-state index in [4.69, 9.17) is 11.6 Å². The van der Waals surface area contributed by atoms with Gasteiger partial charge < -0.3 is 5.32 Å². The van der Waals surface area contributed by atoms with Gasteiger partial charge in [-0.05, 0) is 52.5 Å². The molecule has 1 saturated heterocycles. The van der Waals surface area contributed by atoms with E-state index in [1.165, 1.54) is 18.5 Å². The Balaban J connectivity index is 2.05. The van der Waals surface area contributed by atoms with Crippen LogP contribution < -0.4 is 5.32 Å². The SMILES string of the molecule is CC1CCC(Cc2c(Cl)cnn2C(C)C)CN1. The predicted molar refractivity (Wildman–Crippen MR) is 71.5 cm³/mol. The molecule has 0 spiro atoms. The molecule has 2 heterocycles. The lowest BCUT2D eigenvalue weighted by molar-refractivity contribution is 0.315. The van der Waals surface area contributed by atoms with Crippen molar-refractivity contribution in [1.82, 2.24) is 15.1 Å². The Bertz CT molecular complexity index is 365. The van der Waals surface area contributed by atoms with E-state index in [9.17, 15) is 0 Å². The van der Waals surface area contributed by atoms with Crippen molar-refractivity contribution in [2.45, 2.75) is 52.1 Å². The van der Waals surface area contributed by atoms with E-state index < -0.39 is 0 Å². The van der Waals surface area contributed by atoms with Gasteiger partial charge in [0.25, 0.3) is 0 Å². The lowest BCUT2D eigenvalue weighted by Gasteiger charge is -2.28. The fourth-order valence-electron chi connectivity index (χ4n) is 2.51. The standard InChI is InChI=1S/C13H22ClN3/c1-9(2)17-13(12(14)8-16-17)6-11-5-4-10(3)15-7-11/h8-11,15H,4-7H2,1-3H3. The zero-order valence-electron chi connectivity index (χ0n) is 10.9. The van der Waals surface area contributed by atoms with Crippen molar-refractivity contribution in [3.63, 3.8) is 0 Å². The van der Waals surface area contributed by atoms with E-state index in [1.54, 1.807) is 6.20 Å². The molecule has 0 aliphatic carbocycles. The Labute approximate surface area is 109 Å². The van der Waals surface area contributed by atoms with Gasteiger partial charge in [0, 0.05) is 12.1 Å². The number of aromatic nitrogens is 2. The molecule has 1 aromatic heterocycles. The molecule has 1 aliphatic heterocycles. The first kappa shape index (κ1) is 12.9. The molecule has 0 saturated carbocycles. The van der Waals surface area contributed by atoms with Gasteiger partial charge in [0.05, 0.1) is 16.9 Å². The van der Waals surface area contributed by atoms with Crippen LogP contribution in [0.5, 0.6) is 0 Å². The monoisotopic (exact) mass is 255 g/mol. The van der Waals surface area contributed by atoms with Crippen LogP contribution in [-0.4, -0.2) is 22.4 Å². The van der Waals surface area contributed by atoms with Crippen LogP contribution >= 0.6 is 11.6 Å². The van der Waals surface area contributed by atoms with Gasteiger partial charge in [-0.3, -0.25) is 4.68 Å². The maximum atomic E-state index is 6.23. The summed E-state index contributed by atoms with van der Waals surface area (Å²) in [6.45, 7) is 7.64. The molecule has 0 aromatic carbocycles. The highest BCUT2D eigenvalue weighted by Gasteiger charge is 2.21. The zero-order valence-corrected chi connectivity index (χ0v) is 11.7. The minimum atomic E-state index is 0.382. The summed E-state index contributed by atoms with van der Waals surface area (Å²) in [7, 11) is 0. The Morgan fingerprint density at radius 3 is 2.88 bits per heavy atom. The van der Waals surface area contributed by atoms with Crippen LogP contribution in [0.2, 0.25) is 5.02 Å². The molecular weight excluding hydrogens is 234 g/mol. The molecular formula is C13H22ClN3. The van der Waals surface area contributed by atoms with Gasteiger partial charge in [-0.25, -0.2) is 0 Å². The maximum Gasteiger partial charge on any atom is 0.0818 e. The number of nitrogens with one attached hydrogen (secondary N) is 1. The molecule has 0 amide bonds. The second-order valence-corrected chi connectivity index (χ2v) is 5.84. The summed E-state index contributed by atoms with van der Waals surface area (Å²) in [5.41, 5.74) is 1.20. The van der Waals surface area contributed by atoms with Crippen molar-refractivity contribution in [3.05, 3.63) is 16.9 Å². The molecule has 2 rings (SSSR count). The summed E-state index contributed by atoms with van der Waals surface area (Å²) in [6.07, 6.45) is 5.36. The maximum absolute atomic E-state index is 6.23. The Morgan fingerprint density at radius 1 is 1.53 bits per heavy atom.